The highest BCUT2D eigenvalue weighted by atomic mass is 32.2. The van der Waals surface area contributed by atoms with Crippen LogP contribution in [0.2, 0.25) is 0 Å². The lowest BCUT2D eigenvalue weighted by atomic mass is 10.1. The van der Waals surface area contributed by atoms with Crippen LogP contribution in [0.3, 0.4) is 0 Å². The van der Waals surface area contributed by atoms with Gasteiger partial charge in [-0.2, -0.15) is 13.2 Å². The number of hydrogen-bond acceptors (Lipinski definition) is 4. The van der Waals surface area contributed by atoms with Crippen LogP contribution in [0.5, 0.6) is 0 Å². The van der Waals surface area contributed by atoms with E-state index in [4.69, 9.17) is 5.11 Å². The zero-order chi connectivity index (χ0) is 24.9. The van der Waals surface area contributed by atoms with Crippen molar-refractivity contribution < 1.29 is 50.2 Å². The summed E-state index contributed by atoms with van der Waals surface area (Å²) in [5.41, 5.74) is -4.18. The lowest BCUT2D eigenvalue weighted by Gasteiger charge is -2.14. The Balaban J connectivity index is 2.04. The molecule has 0 aliphatic heterocycles. The second-order valence-electron chi connectivity index (χ2n) is 6.03. The number of benzene rings is 2. The standard InChI is InChI=1S/C19H11F7N2O4S/c20-14-13(19(24,25)26)15(21)17(23)18(16(14)22)28-11(30)7-33-9-3-1-8(2-4-9)27-10(29)5-6-12(31)32/h1-6H,7H2,(H,27,29)(H,28,30)(H,31,32)/b6-5+. The molecule has 0 unspecified atom stereocenters. The van der Waals surface area contributed by atoms with Gasteiger partial charge >= 0.3 is 12.1 Å². The first-order valence-electron chi connectivity index (χ1n) is 8.49. The number of aliphatic carboxylic acids is 1. The van der Waals surface area contributed by atoms with Crippen LogP contribution in [0.1, 0.15) is 5.56 Å². The number of amides is 2. The number of halogens is 7. The molecule has 0 saturated carbocycles. The number of anilines is 2. The summed E-state index contributed by atoms with van der Waals surface area (Å²) in [7, 11) is 0. The average molecular weight is 496 g/mol. The van der Waals surface area contributed by atoms with Gasteiger partial charge in [-0.25, -0.2) is 22.4 Å². The molecule has 0 atom stereocenters. The maximum atomic E-state index is 13.8. The fourth-order valence-corrected chi connectivity index (χ4v) is 2.98. The van der Waals surface area contributed by atoms with E-state index in [1.54, 1.807) is 0 Å². The molecule has 14 heteroatoms. The van der Waals surface area contributed by atoms with Crippen molar-refractivity contribution in [3.05, 3.63) is 65.2 Å². The van der Waals surface area contributed by atoms with Crippen molar-refractivity contribution in [3.8, 4) is 0 Å². The largest absolute Gasteiger partial charge is 0.478 e. The minimum atomic E-state index is -5.70. The third-order valence-electron chi connectivity index (χ3n) is 3.68. The van der Waals surface area contributed by atoms with Gasteiger partial charge in [-0.15, -0.1) is 11.8 Å². The molecular formula is C19H11F7N2O4S. The first-order chi connectivity index (χ1) is 15.3. The Labute approximate surface area is 184 Å². The molecule has 0 aromatic heterocycles. The molecule has 0 aliphatic carbocycles. The molecule has 0 radical (unpaired) electrons. The van der Waals surface area contributed by atoms with E-state index < -0.39 is 64.2 Å². The fraction of sp³-hybridized carbons (Fsp3) is 0.105. The van der Waals surface area contributed by atoms with Crippen molar-refractivity contribution in [3.63, 3.8) is 0 Å². The molecule has 0 heterocycles. The van der Waals surface area contributed by atoms with Crippen LogP contribution >= 0.6 is 11.8 Å². The lowest BCUT2D eigenvalue weighted by molar-refractivity contribution is -0.143. The highest BCUT2D eigenvalue weighted by Gasteiger charge is 2.42. The SMILES string of the molecule is O=C(O)/C=C/C(=O)Nc1ccc(SCC(=O)Nc2c(F)c(F)c(C(F)(F)F)c(F)c2F)cc1. The van der Waals surface area contributed by atoms with E-state index in [0.717, 1.165) is 17.8 Å². The maximum absolute atomic E-state index is 13.8. The van der Waals surface area contributed by atoms with Crippen LogP contribution in [0.25, 0.3) is 0 Å². The molecule has 33 heavy (non-hydrogen) atoms. The third-order valence-corrected chi connectivity index (χ3v) is 4.69. The predicted octanol–water partition coefficient (Wildman–Crippen LogP) is 4.57. The van der Waals surface area contributed by atoms with Gasteiger partial charge in [0.05, 0.1) is 5.75 Å². The number of carbonyl (C=O) groups is 3. The van der Waals surface area contributed by atoms with Gasteiger partial charge in [-0.1, -0.05) is 0 Å². The zero-order valence-electron chi connectivity index (χ0n) is 15.9. The molecule has 2 aromatic carbocycles. The minimum Gasteiger partial charge on any atom is -0.478 e. The second kappa shape index (κ2) is 10.4. The zero-order valence-corrected chi connectivity index (χ0v) is 16.7. The van der Waals surface area contributed by atoms with Gasteiger partial charge < -0.3 is 15.7 Å². The highest BCUT2D eigenvalue weighted by molar-refractivity contribution is 8.00. The quantitative estimate of drug-likeness (QED) is 0.226. The Bertz CT molecular complexity index is 1090. The Hall–Kier alpha value is -3.55. The number of rotatable bonds is 7. The summed E-state index contributed by atoms with van der Waals surface area (Å²) >= 11 is 0.788. The van der Waals surface area contributed by atoms with Crippen molar-refractivity contribution in [1.29, 1.82) is 0 Å². The number of nitrogens with one attached hydrogen (secondary N) is 2. The Morgan fingerprint density at radius 2 is 1.42 bits per heavy atom. The number of carbonyl (C=O) groups excluding carboxylic acids is 2. The summed E-state index contributed by atoms with van der Waals surface area (Å²) in [5, 5.41) is 12.3. The monoisotopic (exact) mass is 496 g/mol. The lowest BCUT2D eigenvalue weighted by Crippen LogP contribution is -2.21. The Morgan fingerprint density at radius 1 is 0.879 bits per heavy atom. The topological polar surface area (TPSA) is 95.5 Å². The summed E-state index contributed by atoms with van der Waals surface area (Å²) in [4.78, 5) is 34.1. The summed E-state index contributed by atoms with van der Waals surface area (Å²) < 4.78 is 92.6. The second-order valence-corrected chi connectivity index (χ2v) is 7.07. The van der Waals surface area contributed by atoms with E-state index in [-0.39, 0.29) is 5.69 Å². The van der Waals surface area contributed by atoms with Crippen molar-refractivity contribution in [1.82, 2.24) is 0 Å². The Morgan fingerprint density at radius 3 is 1.91 bits per heavy atom. The van der Waals surface area contributed by atoms with Crippen LogP contribution in [-0.2, 0) is 20.6 Å². The normalized spacial score (nSPS) is 11.5. The number of carboxylic acid groups (broad SMARTS) is 1. The van der Waals surface area contributed by atoms with Crippen LogP contribution in [-0.4, -0.2) is 28.6 Å². The van der Waals surface area contributed by atoms with Crippen molar-refractivity contribution in [2.45, 2.75) is 11.1 Å². The summed E-state index contributed by atoms with van der Waals surface area (Å²) in [6, 6.07) is 5.58. The van der Waals surface area contributed by atoms with E-state index in [1.807, 2.05) is 0 Å². The molecular weight excluding hydrogens is 485 g/mol. The third kappa shape index (κ3) is 6.71. The van der Waals surface area contributed by atoms with Crippen LogP contribution < -0.4 is 10.6 Å². The Kier molecular flexibility index (Phi) is 8.08. The summed E-state index contributed by atoms with van der Waals surface area (Å²) in [5.74, 6) is -14.0. The molecule has 2 aromatic rings. The summed E-state index contributed by atoms with van der Waals surface area (Å²) in [6.45, 7) is 0. The van der Waals surface area contributed by atoms with Crippen LogP contribution in [0.4, 0.5) is 42.1 Å². The molecule has 0 spiro atoms. The van der Waals surface area contributed by atoms with E-state index in [1.165, 1.54) is 29.6 Å². The molecule has 176 valence electrons. The maximum Gasteiger partial charge on any atom is 0.422 e. The smallest absolute Gasteiger partial charge is 0.422 e. The average Bonchev–Trinajstić information content (AvgIpc) is 2.72. The number of carboxylic acids is 1. The van der Waals surface area contributed by atoms with Crippen molar-refractivity contribution in [2.24, 2.45) is 0 Å². The van der Waals surface area contributed by atoms with E-state index in [9.17, 15) is 45.1 Å². The molecule has 6 nitrogen and oxygen atoms in total. The van der Waals surface area contributed by atoms with Gasteiger partial charge in [-0.3, -0.25) is 9.59 Å². The predicted molar refractivity (Wildman–Crippen MR) is 102 cm³/mol. The van der Waals surface area contributed by atoms with Gasteiger partial charge in [0.2, 0.25) is 11.8 Å². The number of hydrogen-bond donors (Lipinski definition) is 3. The van der Waals surface area contributed by atoms with Crippen LogP contribution in [0, 0.1) is 23.3 Å². The molecule has 2 amide bonds. The first-order valence-corrected chi connectivity index (χ1v) is 9.47. The van der Waals surface area contributed by atoms with Crippen LogP contribution in [0.15, 0.2) is 41.3 Å². The fourth-order valence-electron chi connectivity index (χ4n) is 2.28. The molecule has 2 rings (SSSR count). The van der Waals surface area contributed by atoms with Gasteiger partial charge in [0.25, 0.3) is 0 Å². The van der Waals surface area contributed by atoms with Crippen molar-refractivity contribution in [2.75, 3.05) is 16.4 Å². The molecule has 0 aliphatic rings. The van der Waals surface area contributed by atoms with E-state index in [0.29, 0.717) is 11.0 Å². The minimum absolute atomic E-state index is 0.267. The first kappa shape index (κ1) is 25.7. The van der Waals surface area contributed by atoms with Gasteiger partial charge in [0.1, 0.15) is 11.3 Å². The molecule has 3 N–H and O–H groups in total. The molecule has 0 saturated heterocycles. The molecule has 0 fully saturated rings. The van der Waals surface area contributed by atoms with E-state index in [2.05, 4.69) is 5.32 Å². The number of thioether (sulfide) groups is 1. The highest BCUT2D eigenvalue weighted by Crippen LogP contribution is 2.38. The molecule has 0 bridgehead atoms. The van der Waals surface area contributed by atoms with Gasteiger partial charge in [0, 0.05) is 22.7 Å². The van der Waals surface area contributed by atoms with Gasteiger partial charge in [-0.05, 0) is 24.3 Å². The van der Waals surface area contributed by atoms with E-state index >= 15 is 0 Å². The van der Waals surface area contributed by atoms with Crippen molar-refractivity contribution >= 4 is 40.9 Å². The number of alkyl halides is 3. The summed E-state index contributed by atoms with van der Waals surface area (Å²) in [6.07, 6.45) is -4.30. The van der Waals surface area contributed by atoms with Gasteiger partial charge in [0.15, 0.2) is 23.3 Å².